The molecule has 48 heavy (non-hydrogen) atoms. The van der Waals surface area contributed by atoms with E-state index in [1.165, 1.54) is 37.0 Å². The van der Waals surface area contributed by atoms with Gasteiger partial charge in [0.25, 0.3) is 20.8 Å². The van der Waals surface area contributed by atoms with Gasteiger partial charge in [0.1, 0.15) is 11.5 Å². The number of hydrogen-bond acceptors (Lipinski definition) is 8. The molecule has 0 bridgehead atoms. The van der Waals surface area contributed by atoms with Gasteiger partial charge in [0.05, 0.1) is 0 Å². The second kappa shape index (κ2) is 15.2. The summed E-state index contributed by atoms with van der Waals surface area (Å²) >= 11 is 0. The second-order valence-electron chi connectivity index (χ2n) is 16.4. The van der Waals surface area contributed by atoms with E-state index in [4.69, 9.17) is 4.18 Å². The summed E-state index contributed by atoms with van der Waals surface area (Å²) in [6, 6.07) is 3.62. The monoisotopic (exact) mass is 722 g/mol. The van der Waals surface area contributed by atoms with Gasteiger partial charge in [-0.3, -0.25) is 0 Å². The Morgan fingerprint density at radius 2 is 1.46 bits per heavy atom. The van der Waals surface area contributed by atoms with Crippen molar-refractivity contribution in [3.63, 3.8) is 0 Å². The third kappa shape index (κ3) is 8.83. The van der Waals surface area contributed by atoms with Gasteiger partial charge in [-0.25, -0.2) is 16.8 Å². The van der Waals surface area contributed by atoms with Crippen molar-refractivity contribution in [2.75, 3.05) is 0 Å². The van der Waals surface area contributed by atoms with Crippen molar-refractivity contribution < 1.29 is 93.4 Å². The molecule has 2 fully saturated rings. The molecule has 1 aromatic rings. The maximum atomic E-state index is 11.6. The number of fused-ring (bicyclic) bond motifs is 2. The molecule has 0 spiro atoms. The molecule has 12 heteroatoms. The fourth-order valence-electron chi connectivity index (χ4n) is 9.90. The first-order valence-corrected chi connectivity index (χ1v) is 19.7. The van der Waals surface area contributed by atoms with Crippen LogP contribution in [0, 0.1) is 45.3 Å². The van der Waals surface area contributed by atoms with Crippen molar-refractivity contribution in [1.29, 1.82) is 0 Å². The molecule has 0 amide bonds. The SMILES string of the molecule is C[C@@H]1CC=C2[C@@H](CCC[C@@]2(C)CC[C@@]2(C)C3=CCCC(C)(C)[C@H]3CC[C@@H]2C)[C@]1(C)Cc1cc(OS(=O)(=O)[O-])ccc1OS(=O)(=O)[O-].[Na+].[Na+]. The molecule has 0 radical (unpaired) electrons. The third-order valence-corrected chi connectivity index (χ3v) is 14.0. The number of hydrogen-bond donors (Lipinski definition) is 0. The van der Waals surface area contributed by atoms with Gasteiger partial charge in [0.15, 0.2) is 0 Å². The fourth-order valence-corrected chi connectivity index (χ4v) is 10.6. The van der Waals surface area contributed by atoms with Crippen molar-refractivity contribution >= 4 is 20.8 Å². The van der Waals surface area contributed by atoms with Crippen LogP contribution >= 0.6 is 0 Å². The van der Waals surface area contributed by atoms with Gasteiger partial charge >= 0.3 is 59.1 Å². The number of rotatable bonds is 9. The standard InChI is InChI=1S/C36H54O8S2.2Na/c1-24-12-15-28-30(10-8-18-33(28,3)4)35(24,6)21-20-34(5)19-9-11-31-29(34)16-13-25(2)36(31,7)23-26-22-27(43-45(37,38)39)14-17-32(26)44-46(40,41)42;;/h10,14,16-17,22,24-25,28,31H,8-9,11-13,15,18-21,23H2,1-7H3,(H,37,38,39)(H,40,41,42);;/q;2*+1/p-2/t24-,25+,28-,31+,34-,35+,36+;;/m0../s1. The summed E-state index contributed by atoms with van der Waals surface area (Å²) in [4.78, 5) is 0. The van der Waals surface area contributed by atoms with Crippen LogP contribution in [0.3, 0.4) is 0 Å². The quantitative estimate of drug-likeness (QED) is 0.164. The van der Waals surface area contributed by atoms with E-state index >= 15 is 0 Å². The molecule has 4 aliphatic carbocycles. The fraction of sp³-hybridized carbons (Fsp3) is 0.722. The van der Waals surface area contributed by atoms with Crippen molar-refractivity contribution in [1.82, 2.24) is 0 Å². The number of benzene rings is 1. The molecular formula is C36H52Na2O8S2. The largest absolute Gasteiger partial charge is 1.00 e. The van der Waals surface area contributed by atoms with Gasteiger partial charge in [0.2, 0.25) is 0 Å². The van der Waals surface area contributed by atoms with E-state index < -0.39 is 20.8 Å². The van der Waals surface area contributed by atoms with Crippen LogP contribution in [0.4, 0.5) is 0 Å². The minimum Gasteiger partial charge on any atom is -0.716 e. The Balaban J connectivity index is 0.00000312. The average Bonchev–Trinajstić information content (AvgIpc) is 2.92. The second-order valence-corrected chi connectivity index (χ2v) is 18.3. The molecule has 2 saturated carbocycles. The van der Waals surface area contributed by atoms with Crippen molar-refractivity contribution in [2.45, 2.75) is 119 Å². The van der Waals surface area contributed by atoms with Gasteiger partial charge < -0.3 is 17.5 Å². The average molecular weight is 723 g/mol. The minimum absolute atomic E-state index is 0. The molecule has 1 aromatic carbocycles. The van der Waals surface area contributed by atoms with Crippen LogP contribution < -0.4 is 67.5 Å². The molecule has 258 valence electrons. The van der Waals surface area contributed by atoms with Crippen molar-refractivity contribution in [2.24, 2.45) is 45.3 Å². The molecule has 5 rings (SSSR count). The molecular weight excluding hydrogens is 671 g/mol. The molecule has 7 atom stereocenters. The molecule has 0 saturated heterocycles. The molecule has 0 unspecified atom stereocenters. The normalized spacial score (nSPS) is 34.6. The van der Waals surface area contributed by atoms with E-state index in [2.05, 4.69) is 64.8 Å². The smallest absolute Gasteiger partial charge is 0.716 e. The Bertz CT molecular complexity index is 1620. The zero-order valence-corrected chi connectivity index (χ0v) is 36.2. The Kier molecular flexibility index (Phi) is 13.5. The van der Waals surface area contributed by atoms with Gasteiger partial charge in [-0.1, -0.05) is 78.2 Å². The molecule has 0 heterocycles. The van der Waals surface area contributed by atoms with Crippen LogP contribution in [-0.2, 0) is 27.2 Å². The van der Waals surface area contributed by atoms with E-state index in [-0.39, 0.29) is 98.7 Å². The Hall–Kier alpha value is 0.120. The molecule has 0 N–H and O–H groups in total. The van der Waals surface area contributed by atoms with Crippen LogP contribution in [0.25, 0.3) is 0 Å². The summed E-state index contributed by atoms with van der Waals surface area (Å²) in [5, 5.41) is 0. The predicted molar refractivity (Wildman–Crippen MR) is 177 cm³/mol. The zero-order valence-electron chi connectivity index (χ0n) is 30.6. The summed E-state index contributed by atoms with van der Waals surface area (Å²) in [6.07, 6.45) is 16.6. The van der Waals surface area contributed by atoms with Crippen LogP contribution in [-0.4, -0.2) is 25.9 Å². The van der Waals surface area contributed by atoms with Crippen LogP contribution in [0.1, 0.15) is 118 Å². The van der Waals surface area contributed by atoms with E-state index in [9.17, 15) is 25.9 Å². The van der Waals surface area contributed by atoms with Gasteiger partial charge in [-0.05, 0) is 128 Å². The first-order valence-electron chi connectivity index (χ1n) is 17.0. The molecule has 0 aliphatic heterocycles. The third-order valence-electron chi connectivity index (χ3n) is 13.2. The topological polar surface area (TPSA) is 133 Å². The summed E-state index contributed by atoms with van der Waals surface area (Å²) in [6.45, 7) is 16.7. The molecule has 0 aromatic heterocycles. The molecule has 8 nitrogen and oxygen atoms in total. The predicted octanol–water partition coefficient (Wildman–Crippen LogP) is 2.27. The Labute approximate surface area is 334 Å². The maximum Gasteiger partial charge on any atom is 1.00 e. The molecule has 4 aliphatic rings. The van der Waals surface area contributed by atoms with Crippen LogP contribution in [0.2, 0.25) is 0 Å². The first kappa shape index (κ1) is 42.5. The van der Waals surface area contributed by atoms with Crippen LogP contribution in [0.15, 0.2) is 41.5 Å². The first-order chi connectivity index (χ1) is 21.2. The van der Waals surface area contributed by atoms with Gasteiger partial charge in [-0.15, -0.1) is 0 Å². The summed E-state index contributed by atoms with van der Waals surface area (Å²) in [7, 11) is -10.2. The van der Waals surface area contributed by atoms with E-state index in [1.54, 1.807) is 5.57 Å². The number of allylic oxidation sites excluding steroid dienone is 4. The van der Waals surface area contributed by atoms with Crippen LogP contribution in [0.5, 0.6) is 11.5 Å². The van der Waals surface area contributed by atoms with Gasteiger partial charge in [-0.2, -0.15) is 0 Å². The maximum absolute atomic E-state index is 11.6. The summed E-state index contributed by atoms with van der Waals surface area (Å²) in [5.41, 5.74) is 3.65. The zero-order chi connectivity index (χ0) is 33.9. The summed E-state index contributed by atoms with van der Waals surface area (Å²) < 4.78 is 78.3. The van der Waals surface area contributed by atoms with E-state index in [0.717, 1.165) is 51.0 Å². The Morgan fingerprint density at radius 3 is 2.10 bits per heavy atom. The minimum atomic E-state index is -5.09. The van der Waals surface area contributed by atoms with E-state index in [0.29, 0.717) is 29.2 Å². The van der Waals surface area contributed by atoms with Crippen molar-refractivity contribution in [3.05, 3.63) is 47.1 Å². The van der Waals surface area contributed by atoms with E-state index in [1.807, 2.05) is 0 Å². The van der Waals surface area contributed by atoms with Gasteiger partial charge in [0, 0.05) is 5.56 Å². The Morgan fingerprint density at radius 1 is 0.792 bits per heavy atom. The summed E-state index contributed by atoms with van der Waals surface area (Å²) in [5.74, 6) is 1.27. The van der Waals surface area contributed by atoms with Crippen molar-refractivity contribution in [3.8, 4) is 11.5 Å².